The molecule has 2 aromatic rings. The zero-order valence-corrected chi connectivity index (χ0v) is 14.2. The number of aryl methyl sites for hydroxylation is 2. The fraction of sp³-hybridized carbons (Fsp3) is 0.389. The van der Waals surface area contributed by atoms with Crippen molar-refractivity contribution in [1.29, 1.82) is 0 Å². The highest BCUT2D eigenvalue weighted by Crippen LogP contribution is 2.25. The van der Waals surface area contributed by atoms with Crippen molar-refractivity contribution in [3.05, 3.63) is 51.2 Å². The third-order valence-corrected chi connectivity index (χ3v) is 5.42. The molecule has 22 heavy (non-hydrogen) atoms. The largest absolute Gasteiger partial charge is 0.368 e. The van der Waals surface area contributed by atoms with Gasteiger partial charge in [-0.2, -0.15) is 0 Å². The molecule has 1 aromatic heterocycles. The Hall–Kier alpha value is -1.81. The number of carbonyl (C=O) groups is 1. The van der Waals surface area contributed by atoms with Crippen molar-refractivity contribution in [2.75, 3.05) is 31.1 Å². The summed E-state index contributed by atoms with van der Waals surface area (Å²) < 4.78 is 0. The molecule has 1 saturated heterocycles. The maximum Gasteiger partial charge on any atom is 0.264 e. The van der Waals surface area contributed by atoms with E-state index < -0.39 is 0 Å². The fourth-order valence-corrected chi connectivity index (χ4v) is 3.77. The van der Waals surface area contributed by atoms with E-state index >= 15 is 0 Å². The van der Waals surface area contributed by atoms with Crippen LogP contribution in [0.1, 0.15) is 25.7 Å². The van der Waals surface area contributed by atoms with Gasteiger partial charge in [0, 0.05) is 36.7 Å². The predicted octanol–water partition coefficient (Wildman–Crippen LogP) is 3.64. The van der Waals surface area contributed by atoms with Crippen LogP contribution < -0.4 is 4.90 Å². The van der Waals surface area contributed by atoms with Crippen LogP contribution in [0.2, 0.25) is 0 Å². The van der Waals surface area contributed by atoms with Gasteiger partial charge in [0.05, 0.1) is 4.88 Å². The van der Waals surface area contributed by atoms with Gasteiger partial charge in [-0.15, -0.1) is 11.3 Å². The predicted molar refractivity (Wildman–Crippen MR) is 93.1 cm³/mol. The highest BCUT2D eigenvalue weighted by atomic mass is 32.1. The molecule has 1 fully saturated rings. The summed E-state index contributed by atoms with van der Waals surface area (Å²) in [6, 6.07) is 10.4. The third-order valence-electron chi connectivity index (χ3n) is 4.43. The summed E-state index contributed by atoms with van der Waals surface area (Å²) >= 11 is 1.59. The molecule has 3 rings (SSSR count). The Morgan fingerprint density at radius 2 is 1.73 bits per heavy atom. The van der Waals surface area contributed by atoms with E-state index in [0.29, 0.717) is 0 Å². The Morgan fingerprint density at radius 3 is 2.36 bits per heavy atom. The number of piperazine rings is 1. The summed E-state index contributed by atoms with van der Waals surface area (Å²) in [5, 5.41) is 0. The number of carbonyl (C=O) groups excluding carboxylic acids is 1. The maximum atomic E-state index is 12.5. The zero-order valence-electron chi connectivity index (χ0n) is 13.4. The molecule has 0 bridgehead atoms. The van der Waals surface area contributed by atoms with Crippen molar-refractivity contribution in [1.82, 2.24) is 4.90 Å². The quantitative estimate of drug-likeness (QED) is 0.845. The van der Waals surface area contributed by atoms with Gasteiger partial charge >= 0.3 is 0 Å². The number of hydrogen-bond acceptors (Lipinski definition) is 3. The van der Waals surface area contributed by atoms with Crippen LogP contribution in [0, 0.1) is 20.8 Å². The van der Waals surface area contributed by atoms with Crippen molar-refractivity contribution in [2.45, 2.75) is 20.8 Å². The van der Waals surface area contributed by atoms with E-state index in [-0.39, 0.29) is 5.91 Å². The van der Waals surface area contributed by atoms with E-state index in [1.54, 1.807) is 11.3 Å². The van der Waals surface area contributed by atoms with Gasteiger partial charge in [0.2, 0.25) is 0 Å². The Morgan fingerprint density at radius 1 is 1.00 bits per heavy atom. The lowest BCUT2D eigenvalue weighted by molar-refractivity contribution is 0.0751. The highest BCUT2D eigenvalue weighted by molar-refractivity contribution is 7.13. The first-order valence-electron chi connectivity index (χ1n) is 7.73. The van der Waals surface area contributed by atoms with Crippen LogP contribution in [0.15, 0.2) is 30.3 Å². The lowest BCUT2D eigenvalue weighted by Crippen LogP contribution is -2.48. The SMILES string of the molecule is Cc1ccc(C(=O)N2CCN(c3cccc(C)c3C)CC2)s1. The number of anilines is 1. The van der Waals surface area contributed by atoms with Gasteiger partial charge in [-0.05, 0) is 50.1 Å². The minimum absolute atomic E-state index is 0.179. The lowest BCUT2D eigenvalue weighted by atomic mass is 10.1. The Kier molecular flexibility index (Phi) is 4.21. The summed E-state index contributed by atoms with van der Waals surface area (Å²) in [5.41, 5.74) is 3.97. The average Bonchev–Trinajstić information content (AvgIpc) is 2.96. The summed E-state index contributed by atoms with van der Waals surface area (Å²) in [4.78, 5) is 18.9. The maximum absolute atomic E-state index is 12.5. The van der Waals surface area contributed by atoms with Gasteiger partial charge < -0.3 is 9.80 Å². The van der Waals surface area contributed by atoms with Gasteiger partial charge in [-0.3, -0.25) is 4.79 Å². The highest BCUT2D eigenvalue weighted by Gasteiger charge is 2.23. The van der Waals surface area contributed by atoms with E-state index in [4.69, 9.17) is 0 Å². The van der Waals surface area contributed by atoms with Crippen LogP contribution in [0.25, 0.3) is 0 Å². The van der Waals surface area contributed by atoms with Crippen molar-refractivity contribution < 1.29 is 4.79 Å². The molecule has 1 aliphatic rings. The van der Waals surface area contributed by atoms with Crippen molar-refractivity contribution in [3.8, 4) is 0 Å². The van der Waals surface area contributed by atoms with Crippen molar-refractivity contribution >= 4 is 22.9 Å². The second kappa shape index (κ2) is 6.13. The molecule has 0 unspecified atom stereocenters. The van der Waals surface area contributed by atoms with Crippen LogP contribution in [-0.2, 0) is 0 Å². The first kappa shape index (κ1) is 15.1. The fourth-order valence-electron chi connectivity index (χ4n) is 2.93. The Labute approximate surface area is 136 Å². The van der Waals surface area contributed by atoms with E-state index in [1.807, 2.05) is 24.0 Å². The van der Waals surface area contributed by atoms with Gasteiger partial charge in [-0.1, -0.05) is 12.1 Å². The molecule has 4 heteroatoms. The van der Waals surface area contributed by atoms with Crippen molar-refractivity contribution in [3.63, 3.8) is 0 Å². The van der Waals surface area contributed by atoms with Crippen LogP contribution in [-0.4, -0.2) is 37.0 Å². The Bertz CT molecular complexity index is 684. The average molecular weight is 314 g/mol. The normalized spacial score (nSPS) is 15.2. The monoisotopic (exact) mass is 314 g/mol. The number of amides is 1. The third kappa shape index (κ3) is 2.88. The summed E-state index contributed by atoms with van der Waals surface area (Å²) in [6.45, 7) is 9.77. The molecule has 1 aliphatic heterocycles. The smallest absolute Gasteiger partial charge is 0.264 e. The van der Waals surface area contributed by atoms with Gasteiger partial charge in [0.1, 0.15) is 0 Å². The topological polar surface area (TPSA) is 23.6 Å². The number of hydrogen-bond donors (Lipinski definition) is 0. The molecule has 1 aromatic carbocycles. The van der Waals surface area contributed by atoms with Crippen LogP contribution in [0.4, 0.5) is 5.69 Å². The van der Waals surface area contributed by atoms with Crippen LogP contribution in [0.5, 0.6) is 0 Å². The number of thiophene rings is 1. The van der Waals surface area contributed by atoms with Crippen LogP contribution in [0.3, 0.4) is 0 Å². The first-order valence-corrected chi connectivity index (χ1v) is 8.55. The molecular formula is C18H22N2OS. The summed E-state index contributed by atoms with van der Waals surface area (Å²) in [5.74, 6) is 0.179. The molecule has 116 valence electrons. The van der Waals surface area contributed by atoms with Crippen molar-refractivity contribution in [2.24, 2.45) is 0 Å². The van der Waals surface area contributed by atoms with E-state index in [0.717, 1.165) is 31.1 Å². The Balaban J connectivity index is 1.67. The van der Waals surface area contributed by atoms with Gasteiger partial charge in [0.15, 0.2) is 0 Å². The molecule has 0 saturated carbocycles. The second-order valence-corrected chi connectivity index (χ2v) is 7.20. The van der Waals surface area contributed by atoms with E-state index in [9.17, 15) is 4.79 Å². The minimum atomic E-state index is 0.179. The number of nitrogens with zero attached hydrogens (tertiary/aromatic N) is 2. The molecule has 2 heterocycles. The second-order valence-electron chi connectivity index (χ2n) is 5.91. The lowest BCUT2D eigenvalue weighted by Gasteiger charge is -2.36. The number of benzene rings is 1. The molecular weight excluding hydrogens is 292 g/mol. The first-order chi connectivity index (χ1) is 10.6. The molecule has 0 radical (unpaired) electrons. The van der Waals surface area contributed by atoms with Crippen LogP contribution >= 0.6 is 11.3 Å². The minimum Gasteiger partial charge on any atom is -0.368 e. The van der Waals surface area contributed by atoms with E-state index in [2.05, 4.69) is 36.9 Å². The zero-order chi connectivity index (χ0) is 15.7. The molecule has 0 atom stereocenters. The summed E-state index contributed by atoms with van der Waals surface area (Å²) in [7, 11) is 0. The molecule has 3 nitrogen and oxygen atoms in total. The molecule has 0 spiro atoms. The summed E-state index contributed by atoms with van der Waals surface area (Å²) in [6.07, 6.45) is 0. The number of rotatable bonds is 2. The standard InChI is InChI=1S/C18H22N2OS/c1-13-5-4-6-16(15(13)3)19-9-11-20(12-10-19)18(21)17-8-7-14(2)22-17/h4-8H,9-12H2,1-3H3. The molecule has 0 N–H and O–H groups in total. The van der Waals surface area contributed by atoms with Gasteiger partial charge in [0.25, 0.3) is 5.91 Å². The van der Waals surface area contributed by atoms with E-state index in [1.165, 1.54) is 21.7 Å². The molecule has 0 aliphatic carbocycles. The van der Waals surface area contributed by atoms with Gasteiger partial charge in [-0.25, -0.2) is 0 Å². The molecule has 1 amide bonds.